The number of aromatic nitrogens is 2. The Kier molecular flexibility index (Phi) is 3.45. The number of nitrogens with one attached hydrogen (secondary N) is 1. The van der Waals surface area contributed by atoms with Gasteiger partial charge in [-0.3, -0.25) is 0 Å². The molecule has 0 radical (unpaired) electrons. The zero-order valence-corrected chi connectivity index (χ0v) is 11.9. The number of imidazole rings is 1. The second-order valence-electron chi connectivity index (χ2n) is 4.86. The number of fused-ring (bicyclic) bond motifs is 1. The Hall–Kier alpha value is -1.33. The molecule has 0 spiro atoms. The summed E-state index contributed by atoms with van der Waals surface area (Å²) >= 11 is 5.36. The molecule has 2 rings (SSSR count). The van der Waals surface area contributed by atoms with E-state index in [1.807, 2.05) is 36.6 Å². The first-order valence-electron chi connectivity index (χ1n) is 5.78. The highest BCUT2D eigenvalue weighted by atomic mass is 32.1. The molecule has 2 aromatic rings. The fourth-order valence-electron chi connectivity index (χ4n) is 1.86. The van der Waals surface area contributed by atoms with Crippen molar-refractivity contribution in [3.05, 3.63) is 23.0 Å². The van der Waals surface area contributed by atoms with Crippen LogP contribution in [0.2, 0.25) is 0 Å². The van der Waals surface area contributed by atoms with Gasteiger partial charge < -0.3 is 19.0 Å². The van der Waals surface area contributed by atoms with Gasteiger partial charge in [0.15, 0.2) is 4.77 Å². The Labute approximate surface area is 112 Å². The van der Waals surface area contributed by atoms with Crippen molar-refractivity contribution in [3.8, 4) is 5.75 Å². The van der Waals surface area contributed by atoms with Crippen LogP contribution in [-0.2, 0) is 11.3 Å². The van der Waals surface area contributed by atoms with Crippen molar-refractivity contribution < 1.29 is 9.47 Å². The summed E-state index contributed by atoms with van der Waals surface area (Å²) in [5, 5.41) is 0. The van der Waals surface area contributed by atoms with E-state index in [1.165, 1.54) is 0 Å². The lowest BCUT2D eigenvalue weighted by Gasteiger charge is -2.23. The maximum atomic E-state index is 5.46. The van der Waals surface area contributed by atoms with Gasteiger partial charge in [-0.1, -0.05) is 0 Å². The van der Waals surface area contributed by atoms with Crippen molar-refractivity contribution in [2.75, 3.05) is 14.2 Å². The van der Waals surface area contributed by atoms with Crippen molar-refractivity contribution in [1.29, 1.82) is 0 Å². The monoisotopic (exact) mass is 266 g/mol. The van der Waals surface area contributed by atoms with Gasteiger partial charge in [-0.15, -0.1) is 0 Å². The van der Waals surface area contributed by atoms with Crippen LogP contribution < -0.4 is 4.74 Å². The maximum Gasteiger partial charge on any atom is 0.178 e. The number of ether oxygens (including phenoxy) is 2. The van der Waals surface area contributed by atoms with Crippen molar-refractivity contribution >= 4 is 23.3 Å². The molecule has 1 N–H and O–H groups in total. The standard InChI is InChI=1S/C13H18N2O2S/c1-13(2,17-4)8-15-11-7-9(16-3)5-6-10(11)14-12(15)18/h5-7H,8H2,1-4H3,(H,14,18). The normalized spacial score (nSPS) is 12.0. The number of rotatable bonds is 4. The average molecular weight is 266 g/mol. The molecule has 0 fully saturated rings. The third kappa shape index (κ3) is 2.42. The molecule has 5 heteroatoms. The summed E-state index contributed by atoms with van der Waals surface area (Å²) in [6, 6.07) is 5.87. The van der Waals surface area contributed by atoms with Gasteiger partial charge in [-0.25, -0.2) is 0 Å². The number of nitrogens with zero attached hydrogens (tertiary/aromatic N) is 1. The van der Waals surface area contributed by atoms with Gasteiger partial charge in [-0.05, 0) is 38.2 Å². The minimum Gasteiger partial charge on any atom is -0.497 e. The van der Waals surface area contributed by atoms with E-state index >= 15 is 0 Å². The maximum absolute atomic E-state index is 5.46. The molecular formula is C13H18N2O2S. The molecule has 1 aromatic carbocycles. The number of hydrogen-bond donors (Lipinski definition) is 1. The van der Waals surface area contributed by atoms with E-state index in [0.717, 1.165) is 16.8 Å². The summed E-state index contributed by atoms with van der Waals surface area (Å²) in [7, 11) is 3.37. The van der Waals surface area contributed by atoms with Crippen LogP contribution in [0.3, 0.4) is 0 Å². The summed E-state index contributed by atoms with van der Waals surface area (Å²) in [6.07, 6.45) is 0. The van der Waals surface area contributed by atoms with Gasteiger partial charge in [0.2, 0.25) is 0 Å². The van der Waals surface area contributed by atoms with Crippen LogP contribution in [-0.4, -0.2) is 29.4 Å². The summed E-state index contributed by atoms with van der Waals surface area (Å²) in [5.41, 5.74) is 1.77. The molecular weight excluding hydrogens is 248 g/mol. The van der Waals surface area contributed by atoms with Crippen molar-refractivity contribution in [2.45, 2.75) is 26.0 Å². The lowest BCUT2D eigenvalue weighted by molar-refractivity contribution is 0.00873. The van der Waals surface area contributed by atoms with E-state index in [4.69, 9.17) is 21.7 Å². The van der Waals surface area contributed by atoms with Crippen LogP contribution in [0.15, 0.2) is 18.2 Å². The fraction of sp³-hybridized carbons (Fsp3) is 0.462. The first kappa shape index (κ1) is 13.1. The molecule has 4 nitrogen and oxygen atoms in total. The number of aromatic amines is 1. The van der Waals surface area contributed by atoms with Crippen molar-refractivity contribution in [1.82, 2.24) is 9.55 Å². The summed E-state index contributed by atoms with van der Waals surface area (Å²) < 4.78 is 13.4. The van der Waals surface area contributed by atoms with E-state index in [-0.39, 0.29) is 5.60 Å². The first-order chi connectivity index (χ1) is 8.46. The molecule has 18 heavy (non-hydrogen) atoms. The molecule has 1 aromatic heterocycles. The SMILES string of the molecule is COc1ccc2[nH]c(=S)n(CC(C)(C)OC)c2c1. The topological polar surface area (TPSA) is 39.2 Å². The van der Waals surface area contributed by atoms with E-state index in [0.29, 0.717) is 11.3 Å². The highest BCUT2D eigenvalue weighted by molar-refractivity contribution is 7.71. The first-order valence-corrected chi connectivity index (χ1v) is 6.19. The minimum atomic E-state index is -0.267. The Bertz CT molecular complexity index is 613. The lowest BCUT2D eigenvalue weighted by atomic mass is 10.1. The quantitative estimate of drug-likeness (QED) is 0.864. The highest BCUT2D eigenvalue weighted by Gasteiger charge is 2.19. The van der Waals surface area contributed by atoms with Gasteiger partial charge in [0, 0.05) is 13.2 Å². The highest BCUT2D eigenvalue weighted by Crippen LogP contribution is 2.23. The molecule has 0 aliphatic heterocycles. The van der Waals surface area contributed by atoms with E-state index in [9.17, 15) is 0 Å². The Morgan fingerprint density at radius 2 is 2.06 bits per heavy atom. The Morgan fingerprint density at radius 3 is 2.67 bits per heavy atom. The zero-order chi connectivity index (χ0) is 13.3. The predicted molar refractivity (Wildman–Crippen MR) is 74.8 cm³/mol. The molecule has 1 heterocycles. The largest absolute Gasteiger partial charge is 0.497 e. The molecule has 0 saturated carbocycles. The molecule has 0 saturated heterocycles. The van der Waals surface area contributed by atoms with E-state index in [1.54, 1.807) is 14.2 Å². The number of methoxy groups -OCH3 is 2. The van der Waals surface area contributed by atoms with E-state index in [2.05, 4.69) is 4.98 Å². The Balaban J connectivity index is 2.55. The fourth-order valence-corrected chi connectivity index (χ4v) is 2.13. The molecule has 0 aliphatic carbocycles. The lowest BCUT2D eigenvalue weighted by Crippen LogP contribution is -2.29. The molecule has 0 bridgehead atoms. The van der Waals surface area contributed by atoms with Gasteiger partial charge >= 0.3 is 0 Å². The molecule has 98 valence electrons. The number of H-pyrrole nitrogens is 1. The number of benzene rings is 1. The second kappa shape index (κ2) is 4.74. The summed E-state index contributed by atoms with van der Waals surface area (Å²) in [5.74, 6) is 0.820. The molecule has 0 unspecified atom stereocenters. The van der Waals surface area contributed by atoms with Crippen LogP contribution in [0, 0.1) is 4.77 Å². The Morgan fingerprint density at radius 1 is 1.33 bits per heavy atom. The second-order valence-corrected chi connectivity index (χ2v) is 5.25. The summed E-state index contributed by atoms with van der Waals surface area (Å²) in [4.78, 5) is 3.19. The van der Waals surface area contributed by atoms with Gasteiger partial charge in [-0.2, -0.15) is 0 Å². The summed E-state index contributed by atoms with van der Waals surface area (Å²) in [6.45, 7) is 4.76. The smallest absolute Gasteiger partial charge is 0.178 e. The van der Waals surface area contributed by atoms with E-state index < -0.39 is 0 Å². The van der Waals surface area contributed by atoms with Gasteiger partial charge in [0.1, 0.15) is 5.75 Å². The molecule has 0 aliphatic rings. The molecule has 0 amide bonds. The van der Waals surface area contributed by atoms with Crippen LogP contribution in [0.25, 0.3) is 11.0 Å². The van der Waals surface area contributed by atoms with Crippen LogP contribution in [0.4, 0.5) is 0 Å². The third-order valence-electron chi connectivity index (χ3n) is 3.07. The number of hydrogen-bond acceptors (Lipinski definition) is 3. The zero-order valence-electron chi connectivity index (χ0n) is 11.1. The predicted octanol–water partition coefficient (Wildman–Crippen LogP) is 3.13. The molecule has 0 atom stereocenters. The van der Waals surface area contributed by atoms with Gasteiger partial charge in [0.05, 0.1) is 30.3 Å². The van der Waals surface area contributed by atoms with Crippen LogP contribution >= 0.6 is 12.2 Å². The minimum absolute atomic E-state index is 0.267. The van der Waals surface area contributed by atoms with Crippen LogP contribution in [0.5, 0.6) is 5.75 Å². The van der Waals surface area contributed by atoms with Crippen LogP contribution in [0.1, 0.15) is 13.8 Å². The third-order valence-corrected chi connectivity index (χ3v) is 3.40. The average Bonchev–Trinajstić information content (AvgIpc) is 2.65. The van der Waals surface area contributed by atoms with Crippen molar-refractivity contribution in [2.24, 2.45) is 0 Å². The van der Waals surface area contributed by atoms with Crippen molar-refractivity contribution in [3.63, 3.8) is 0 Å². The van der Waals surface area contributed by atoms with Gasteiger partial charge in [0.25, 0.3) is 0 Å².